The predicted molar refractivity (Wildman–Crippen MR) is 125 cm³/mol. The zero-order valence-corrected chi connectivity index (χ0v) is 19.4. The molecular formula is C25H34F3N5. The Labute approximate surface area is 195 Å². The zero-order valence-electron chi connectivity index (χ0n) is 19.4. The van der Waals surface area contributed by atoms with Gasteiger partial charge in [0.05, 0.1) is 31.3 Å². The molecule has 1 heterocycles. The Bertz CT molecular complexity index is 829. The molecule has 2 fully saturated rings. The number of allylic oxidation sites excluding steroid dienone is 1. The summed E-state index contributed by atoms with van der Waals surface area (Å²) in [6.07, 6.45) is 3.66. The molecule has 1 saturated carbocycles. The molecule has 1 aromatic rings. The van der Waals surface area contributed by atoms with Gasteiger partial charge in [0.2, 0.25) is 0 Å². The molecule has 180 valence electrons. The molecule has 5 nitrogen and oxygen atoms in total. The summed E-state index contributed by atoms with van der Waals surface area (Å²) in [5.41, 5.74) is 1.75. The van der Waals surface area contributed by atoms with Gasteiger partial charge < -0.3 is 10.2 Å². The van der Waals surface area contributed by atoms with Gasteiger partial charge in [-0.15, -0.1) is 0 Å². The number of hydrogen-bond acceptors (Lipinski definition) is 5. The first kappa shape index (κ1) is 26.5. The third-order valence-electron chi connectivity index (χ3n) is 6.46. The molecule has 33 heavy (non-hydrogen) atoms. The Balaban J connectivity index is 0.00000187. The van der Waals surface area contributed by atoms with Crippen LogP contribution in [0.1, 0.15) is 56.1 Å². The van der Waals surface area contributed by atoms with Crippen LogP contribution in [0.2, 0.25) is 0 Å². The number of hydrogen-bond donors (Lipinski definition) is 1. The average Bonchev–Trinajstić information content (AvgIpc) is 2.85. The van der Waals surface area contributed by atoms with Crippen LogP contribution >= 0.6 is 0 Å². The molecule has 1 aromatic carbocycles. The van der Waals surface area contributed by atoms with Crippen molar-refractivity contribution in [3.8, 4) is 12.1 Å². The largest absolute Gasteiger partial charge is 0.385 e. The summed E-state index contributed by atoms with van der Waals surface area (Å²) in [6.45, 7) is 8.37. The van der Waals surface area contributed by atoms with E-state index < -0.39 is 6.43 Å². The molecule has 0 atom stereocenters. The monoisotopic (exact) mass is 461 g/mol. The Kier molecular flexibility index (Phi) is 11.1. The SMILES string of the molecule is C=C(CC#N)NC1CCC(CCN2CCN(c3cc(C#N)cc(C(F)F)c3)CC2)CC1.CF. The van der Waals surface area contributed by atoms with E-state index in [1.807, 2.05) is 6.07 Å². The van der Waals surface area contributed by atoms with E-state index >= 15 is 0 Å². The van der Waals surface area contributed by atoms with Crippen LogP contribution in [0.5, 0.6) is 0 Å². The van der Waals surface area contributed by atoms with E-state index in [4.69, 9.17) is 10.5 Å². The van der Waals surface area contributed by atoms with Gasteiger partial charge in [0.1, 0.15) is 0 Å². The number of nitriles is 2. The van der Waals surface area contributed by atoms with Gasteiger partial charge in [-0.05, 0) is 62.8 Å². The first-order chi connectivity index (χ1) is 16.0. The van der Waals surface area contributed by atoms with Gasteiger partial charge in [0, 0.05) is 49.2 Å². The Morgan fingerprint density at radius 3 is 2.33 bits per heavy atom. The van der Waals surface area contributed by atoms with E-state index in [2.05, 4.69) is 27.8 Å². The molecule has 2 aliphatic rings. The standard InChI is InChI=1S/C24H31F2N5.CH3F/c1-18(6-8-27)29-22-4-2-19(3-5-22)7-9-30-10-12-31(13-11-30)23-15-20(17-28)14-21(16-23)24(25)26;1-2/h14-16,19,22,24,29H,1-7,9-13H2;1H3. The van der Waals surface area contributed by atoms with Crippen LogP contribution in [0.3, 0.4) is 0 Å². The van der Waals surface area contributed by atoms with Crippen LogP contribution in [0.15, 0.2) is 30.5 Å². The number of nitrogens with one attached hydrogen (secondary N) is 1. The Morgan fingerprint density at radius 2 is 1.76 bits per heavy atom. The Hall–Kier alpha value is -2.71. The van der Waals surface area contributed by atoms with E-state index in [9.17, 15) is 13.2 Å². The van der Waals surface area contributed by atoms with Crippen LogP contribution in [0.4, 0.5) is 18.9 Å². The summed E-state index contributed by atoms with van der Waals surface area (Å²) in [7, 11) is 0.500. The maximum atomic E-state index is 13.1. The number of nitrogens with zero attached hydrogens (tertiary/aromatic N) is 4. The fraction of sp³-hybridized carbons (Fsp3) is 0.600. The van der Waals surface area contributed by atoms with E-state index in [-0.39, 0.29) is 11.1 Å². The molecule has 1 aliphatic heterocycles. The highest BCUT2D eigenvalue weighted by molar-refractivity contribution is 5.54. The minimum atomic E-state index is -2.57. The molecular weight excluding hydrogens is 427 g/mol. The smallest absolute Gasteiger partial charge is 0.263 e. The van der Waals surface area contributed by atoms with Crippen molar-refractivity contribution >= 4 is 5.69 Å². The first-order valence-corrected chi connectivity index (χ1v) is 11.5. The van der Waals surface area contributed by atoms with Crippen LogP contribution in [0.25, 0.3) is 0 Å². The second-order valence-corrected chi connectivity index (χ2v) is 8.64. The quantitative estimate of drug-likeness (QED) is 0.579. The molecule has 0 radical (unpaired) electrons. The molecule has 3 rings (SSSR count). The lowest BCUT2D eigenvalue weighted by atomic mass is 9.84. The minimum absolute atomic E-state index is 0.0854. The van der Waals surface area contributed by atoms with Gasteiger partial charge in [0.15, 0.2) is 0 Å². The van der Waals surface area contributed by atoms with Crippen molar-refractivity contribution in [2.45, 2.75) is 51.0 Å². The predicted octanol–water partition coefficient (Wildman–Crippen LogP) is 5.17. The normalized spacial score (nSPS) is 20.9. The Morgan fingerprint density at radius 1 is 1.09 bits per heavy atom. The van der Waals surface area contributed by atoms with Gasteiger partial charge in [-0.25, -0.2) is 8.78 Å². The van der Waals surface area contributed by atoms with Crippen molar-refractivity contribution in [2.75, 3.05) is 44.8 Å². The van der Waals surface area contributed by atoms with Crippen molar-refractivity contribution in [3.63, 3.8) is 0 Å². The van der Waals surface area contributed by atoms with Gasteiger partial charge in [-0.2, -0.15) is 10.5 Å². The van der Waals surface area contributed by atoms with Gasteiger partial charge in [0.25, 0.3) is 6.43 Å². The fourth-order valence-corrected chi connectivity index (χ4v) is 4.63. The number of halogens is 3. The molecule has 0 spiro atoms. The molecule has 0 bridgehead atoms. The van der Waals surface area contributed by atoms with E-state index in [1.165, 1.54) is 31.4 Å². The second kappa shape index (κ2) is 13.7. The maximum Gasteiger partial charge on any atom is 0.263 e. The van der Waals surface area contributed by atoms with Gasteiger partial charge in [-0.1, -0.05) is 6.58 Å². The molecule has 1 saturated heterocycles. The molecule has 0 unspecified atom stereocenters. The highest BCUT2D eigenvalue weighted by Crippen LogP contribution is 2.29. The van der Waals surface area contributed by atoms with E-state index in [1.54, 1.807) is 6.07 Å². The average molecular weight is 462 g/mol. The van der Waals surface area contributed by atoms with Crippen LogP contribution < -0.4 is 10.2 Å². The highest BCUT2D eigenvalue weighted by atomic mass is 19.3. The summed E-state index contributed by atoms with van der Waals surface area (Å²) in [5.74, 6) is 0.737. The summed E-state index contributed by atoms with van der Waals surface area (Å²) in [5, 5.41) is 21.3. The topological polar surface area (TPSA) is 66.1 Å². The van der Waals surface area contributed by atoms with E-state index in [0.717, 1.165) is 62.9 Å². The second-order valence-electron chi connectivity index (χ2n) is 8.64. The maximum absolute atomic E-state index is 13.1. The van der Waals surface area contributed by atoms with Crippen molar-refractivity contribution in [1.82, 2.24) is 10.2 Å². The lowest BCUT2D eigenvalue weighted by Crippen LogP contribution is -2.47. The van der Waals surface area contributed by atoms with Crippen molar-refractivity contribution in [3.05, 3.63) is 41.6 Å². The number of anilines is 1. The molecule has 0 amide bonds. The molecule has 1 aliphatic carbocycles. The lowest BCUT2D eigenvalue weighted by molar-refractivity contribution is 0.151. The van der Waals surface area contributed by atoms with Crippen molar-refractivity contribution < 1.29 is 13.2 Å². The first-order valence-electron chi connectivity index (χ1n) is 11.5. The van der Waals surface area contributed by atoms with Gasteiger partial charge in [-0.3, -0.25) is 9.29 Å². The lowest BCUT2D eigenvalue weighted by Gasteiger charge is -2.37. The molecule has 8 heteroatoms. The summed E-state index contributed by atoms with van der Waals surface area (Å²) in [6, 6.07) is 9.06. The fourth-order valence-electron chi connectivity index (χ4n) is 4.63. The van der Waals surface area contributed by atoms with Crippen molar-refractivity contribution in [1.29, 1.82) is 10.5 Å². The molecule has 1 N–H and O–H groups in total. The van der Waals surface area contributed by atoms with Crippen LogP contribution in [-0.4, -0.2) is 50.8 Å². The number of alkyl halides is 3. The third kappa shape index (κ3) is 8.29. The zero-order chi connectivity index (χ0) is 24.2. The third-order valence-corrected chi connectivity index (χ3v) is 6.46. The summed E-state index contributed by atoms with van der Waals surface area (Å²) in [4.78, 5) is 4.56. The minimum Gasteiger partial charge on any atom is -0.385 e. The number of rotatable bonds is 8. The summed E-state index contributed by atoms with van der Waals surface area (Å²) >= 11 is 0. The highest BCUT2D eigenvalue weighted by Gasteiger charge is 2.24. The van der Waals surface area contributed by atoms with Crippen LogP contribution in [-0.2, 0) is 0 Å². The van der Waals surface area contributed by atoms with Crippen LogP contribution in [0, 0.1) is 28.6 Å². The number of piperazine rings is 1. The van der Waals surface area contributed by atoms with Crippen molar-refractivity contribution in [2.24, 2.45) is 5.92 Å². The van der Waals surface area contributed by atoms with E-state index in [0.29, 0.717) is 19.6 Å². The number of benzene rings is 1. The summed E-state index contributed by atoms with van der Waals surface area (Å²) < 4.78 is 35.8. The van der Waals surface area contributed by atoms with Gasteiger partial charge >= 0.3 is 0 Å². The molecule has 0 aromatic heterocycles.